The van der Waals surface area contributed by atoms with E-state index in [9.17, 15) is 0 Å². The van der Waals surface area contributed by atoms with E-state index < -0.39 is 0 Å². The molecule has 1 rings (SSSR count). The average molecular weight is 153 g/mol. The van der Waals surface area contributed by atoms with Crippen molar-refractivity contribution in [2.75, 3.05) is 0 Å². The third kappa shape index (κ3) is 1.27. The van der Waals surface area contributed by atoms with Crippen LogP contribution in [0.3, 0.4) is 0 Å². The van der Waals surface area contributed by atoms with Crippen molar-refractivity contribution >= 4 is 17.6 Å². The maximum atomic E-state index is 4.18. The normalized spacial score (nSPS) is 10.3. The highest BCUT2D eigenvalue weighted by atomic mass is 32.1. The molecule has 0 saturated carbocycles. The van der Waals surface area contributed by atoms with E-state index in [1.807, 2.05) is 6.08 Å². The molecule has 1 aromatic rings. The second-order valence-corrected chi connectivity index (χ2v) is 3.14. The molecule has 54 valence electrons. The largest absolute Gasteiger partial charge is 0.193 e. The molecular weight excluding hydrogens is 142 g/mol. The molecule has 0 fully saturated rings. The number of hydrogen-bond donors (Lipinski definition) is 0. The van der Waals surface area contributed by atoms with E-state index >= 15 is 0 Å². The Balaban J connectivity index is 3.01. The van der Waals surface area contributed by atoms with E-state index in [0.717, 1.165) is 5.69 Å². The van der Waals surface area contributed by atoms with E-state index in [2.05, 4.69) is 30.2 Å². The van der Waals surface area contributed by atoms with Crippen LogP contribution in [0.2, 0.25) is 0 Å². The van der Waals surface area contributed by atoms with Gasteiger partial charge >= 0.3 is 0 Å². The van der Waals surface area contributed by atoms with Gasteiger partial charge in [0.15, 0.2) is 0 Å². The number of nitrogens with zero attached hydrogens (tertiary/aromatic N) is 1. The molecular formula is C8H11NS. The first-order valence-corrected chi connectivity index (χ1v) is 4.16. The van der Waals surface area contributed by atoms with E-state index in [-0.39, 0.29) is 0 Å². The molecule has 0 aliphatic heterocycles. The molecule has 0 radical (unpaired) electrons. The van der Waals surface area contributed by atoms with Gasteiger partial charge in [0.25, 0.3) is 0 Å². The van der Waals surface area contributed by atoms with Crippen molar-refractivity contribution in [3.05, 3.63) is 23.2 Å². The van der Waals surface area contributed by atoms with Crippen LogP contribution in [0.1, 0.15) is 31.0 Å². The molecule has 0 aromatic carbocycles. The van der Waals surface area contributed by atoms with Gasteiger partial charge in [0.1, 0.15) is 0 Å². The minimum atomic E-state index is 0.562. The number of rotatable bonds is 2. The summed E-state index contributed by atoms with van der Waals surface area (Å²) in [6, 6.07) is 0. The fourth-order valence-electron chi connectivity index (χ4n) is 0.840. The highest BCUT2D eigenvalue weighted by Crippen LogP contribution is 2.20. The summed E-state index contributed by atoms with van der Waals surface area (Å²) in [5, 5.41) is 2.08. The van der Waals surface area contributed by atoms with Crippen molar-refractivity contribution in [3.8, 4) is 0 Å². The number of hydrogen-bond acceptors (Lipinski definition) is 2. The van der Waals surface area contributed by atoms with Crippen molar-refractivity contribution in [1.82, 2.24) is 4.37 Å². The second-order valence-electron chi connectivity index (χ2n) is 2.51. The van der Waals surface area contributed by atoms with Crippen LogP contribution >= 0.6 is 11.5 Å². The third-order valence-corrected chi connectivity index (χ3v) is 2.10. The molecule has 0 aliphatic carbocycles. The first-order chi connectivity index (χ1) is 4.75. The van der Waals surface area contributed by atoms with E-state index in [4.69, 9.17) is 0 Å². The molecule has 10 heavy (non-hydrogen) atoms. The summed E-state index contributed by atoms with van der Waals surface area (Å²) in [6.07, 6.45) is 1.81. The highest BCUT2D eigenvalue weighted by molar-refractivity contribution is 7.03. The predicted octanol–water partition coefficient (Wildman–Crippen LogP) is 2.91. The van der Waals surface area contributed by atoms with E-state index in [1.54, 1.807) is 0 Å². The lowest BCUT2D eigenvalue weighted by Gasteiger charge is -2.00. The Morgan fingerprint density at radius 3 is 2.80 bits per heavy atom. The molecule has 1 aromatic heterocycles. The first-order valence-electron chi connectivity index (χ1n) is 3.32. The zero-order valence-electron chi connectivity index (χ0n) is 6.29. The highest BCUT2D eigenvalue weighted by Gasteiger charge is 2.04. The summed E-state index contributed by atoms with van der Waals surface area (Å²) < 4.78 is 4.18. The van der Waals surface area contributed by atoms with Crippen LogP contribution in [0.25, 0.3) is 6.08 Å². The van der Waals surface area contributed by atoms with Gasteiger partial charge in [-0.1, -0.05) is 20.4 Å². The van der Waals surface area contributed by atoms with Gasteiger partial charge in [-0.05, 0) is 29.1 Å². The smallest absolute Gasteiger partial charge is 0.0797 e. The summed E-state index contributed by atoms with van der Waals surface area (Å²) in [5.74, 6) is 0.562. The SMILES string of the molecule is C=Cc1nscc1C(C)C. The van der Waals surface area contributed by atoms with Gasteiger partial charge in [0.05, 0.1) is 5.69 Å². The Kier molecular flexibility index (Phi) is 2.22. The standard InChI is InChI=1S/C8H11NS/c1-4-8-7(6(2)3)5-10-9-8/h4-6H,1H2,2-3H3. The Morgan fingerprint density at radius 1 is 1.70 bits per heavy atom. The molecule has 1 heterocycles. The van der Waals surface area contributed by atoms with Gasteiger partial charge in [-0.3, -0.25) is 0 Å². The molecule has 0 unspecified atom stereocenters. The molecule has 0 spiro atoms. The quantitative estimate of drug-likeness (QED) is 0.636. The predicted molar refractivity (Wildman–Crippen MR) is 46.3 cm³/mol. The zero-order valence-corrected chi connectivity index (χ0v) is 7.11. The summed E-state index contributed by atoms with van der Waals surface area (Å²) >= 11 is 1.50. The molecule has 0 aliphatic rings. The van der Waals surface area contributed by atoms with Crippen LogP contribution in [0.4, 0.5) is 0 Å². The van der Waals surface area contributed by atoms with E-state index in [1.165, 1.54) is 17.1 Å². The fraction of sp³-hybridized carbons (Fsp3) is 0.375. The Hall–Kier alpha value is -0.630. The Bertz CT molecular complexity index is 225. The van der Waals surface area contributed by atoms with Crippen molar-refractivity contribution in [1.29, 1.82) is 0 Å². The average Bonchev–Trinajstić information content (AvgIpc) is 2.33. The van der Waals surface area contributed by atoms with Crippen LogP contribution in [0.5, 0.6) is 0 Å². The monoisotopic (exact) mass is 153 g/mol. The minimum absolute atomic E-state index is 0.562. The number of aromatic nitrogens is 1. The van der Waals surface area contributed by atoms with Crippen LogP contribution in [0, 0.1) is 0 Å². The van der Waals surface area contributed by atoms with Crippen molar-refractivity contribution in [2.24, 2.45) is 0 Å². The van der Waals surface area contributed by atoms with E-state index in [0.29, 0.717) is 5.92 Å². The van der Waals surface area contributed by atoms with Crippen LogP contribution in [0.15, 0.2) is 12.0 Å². The van der Waals surface area contributed by atoms with Crippen molar-refractivity contribution < 1.29 is 0 Å². The molecule has 0 bridgehead atoms. The lowest BCUT2D eigenvalue weighted by Crippen LogP contribution is -1.86. The summed E-state index contributed by atoms with van der Waals surface area (Å²) in [6.45, 7) is 8.02. The molecule has 0 atom stereocenters. The van der Waals surface area contributed by atoms with Gasteiger partial charge in [0, 0.05) is 5.38 Å². The lowest BCUT2D eigenvalue weighted by molar-refractivity contribution is 0.866. The zero-order chi connectivity index (χ0) is 7.56. The maximum absolute atomic E-state index is 4.18. The lowest BCUT2D eigenvalue weighted by atomic mass is 10.1. The Labute approximate surface area is 65.6 Å². The van der Waals surface area contributed by atoms with Gasteiger partial charge in [0.2, 0.25) is 0 Å². The maximum Gasteiger partial charge on any atom is 0.0797 e. The second kappa shape index (κ2) is 2.97. The molecule has 2 heteroatoms. The van der Waals surface area contributed by atoms with Crippen LogP contribution in [-0.4, -0.2) is 4.37 Å². The van der Waals surface area contributed by atoms with Crippen LogP contribution < -0.4 is 0 Å². The van der Waals surface area contributed by atoms with Gasteiger partial charge < -0.3 is 0 Å². The third-order valence-electron chi connectivity index (χ3n) is 1.44. The van der Waals surface area contributed by atoms with Gasteiger partial charge in [-0.15, -0.1) is 0 Å². The van der Waals surface area contributed by atoms with Gasteiger partial charge in [-0.2, -0.15) is 4.37 Å². The summed E-state index contributed by atoms with van der Waals surface area (Å²) in [5.41, 5.74) is 2.35. The fourth-order valence-corrected chi connectivity index (χ4v) is 1.69. The molecule has 1 nitrogen and oxygen atoms in total. The van der Waals surface area contributed by atoms with Crippen LogP contribution in [-0.2, 0) is 0 Å². The molecule has 0 amide bonds. The summed E-state index contributed by atoms with van der Waals surface area (Å²) in [4.78, 5) is 0. The molecule has 0 saturated heterocycles. The molecule has 0 N–H and O–H groups in total. The summed E-state index contributed by atoms with van der Waals surface area (Å²) in [7, 11) is 0. The van der Waals surface area contributed by atoms with Crippen molar-refractivity contribution in [2.45, 2.75) is 19.8 Å². The van der Waals surface area contributed by atoms with Crippen molar-refractivity contribution in [3.63, 3.8) is 0 Å². The topological polar surface area (TPSA) is 12.9 Å². The minimum Gasteiger partial charge on any atom is -0.193 e. The Morgan fingerprint density at radius 2 is 2.40 bits per heavy atom. The van der Waals surface area contributed by atoms with Gasteiger partial charge in [-0.25, -0.2) is 0 Å². The first kappa shape index (κ1) is 7.48.